The van der Waals surface area contributed by atoms with Gasteiger partial charge in [0.25, 0.3) is 0 Å². The Morgan fingerprint density at radius 2 is 2.29 bits per heavy atom. The molecule has 0 saturated carbocycles. The van der Waals surface area contributed by atoms with E-state index in [4.69, 9.17) is 4.74 Å². The molecule has 1 aliphatic heterocycles. The summed E-state index contributed by atoms with van der Waals surface area (Å²) in [4.78, 5) is 14.5. The molecule has 1 aromatic heterocycles. The van der Waals surface area contributed by atoms with Gasteiger partial charge in [-0.3, -0.25) is 4.90 Å². The summed E-state index contributed by atoms with van der Waals surface area (Å²) in [7, 11) is 0. The number of nitrogens with one attached hydrogen (secondary N) is 1. The van der Waals surface area contributed by atoms with E-state index < -0.39 is 0 Å². The Morgan fingerprint density at radius 1 is 1.43 bits per heavy atom. The van der Waals surface area contributed by atoms with Crippen molar-refractivity contribution in [3.63, 3.8) is 0 Å². The molecule has 0 radical (unpaired) electrons. The van der Waals surface area contributed by atoms with Gasteiger partial charge < -0.3 is 10.1 Å². The summed E-state index contributed by atoms with van der Waals surface area (Å²) in [6.07, 6.45) is -0.277. The number of hydrogen-bond acceptors (Lipinski definition) is 4. The fraction of sp³-hybridized carbons (Fsp3) is 0.267. The highest BCUT2D eigenvalue weighted by Gasteiger charge is 2.23. The van der Waals surface area contributed by atoms with Crippen LogP contribution in [-0.4, -0.2) is 19.2 Å². The third-order valence-corrected chi connectivity index (χ3v) is 5.39. The second-order valence-corrected chi connectivity index (χ2v) is 6.62. The maximum atomic E-state index is 11.6. The largest absolute Gasteiger partial charge is 0.447 e. The van der Waals surface area contributed by atoms with Crippen molar-refractivity contribution in [3.8, 4) is 0 Å². The molecule has 1 atom stereocenters. The fourth-order valence-corrected chi connectivity index (χ4v) is 4.05. The predicted octanol–water partition coefficient (Wildman–Crippen LogP) is 4.64. The van der Waals surface area contributed by atoms with Gasteiger partial charge in [0.2, 0.25) is 0 Å². The van der Waals surface area contributed by atoms with Crippen LogP contribution in [0.15, 0.2) is 40.2 Å². The minimum atomic E-state index is -0.277. The zero-order chi connectivity index (χ0) is 14.8. The molecule has 0 spiro atoms. The van der Waals surface area contributed by atoms with Gasteiger partial charge in [0, 0.05) is 20.7 Å². The van der Waals surface area contributed by atoms with Crippen LogP contribution in [0.3, 0.4) is 0 Å². The second-order valence-electron chi connectivity index (χ2n) is 4.82. The van der Waals surface area contributed by atoms with E-state index in [1.165, 1.54) is 4.88 Å². The Bertz CT molecular complexity index is 659. The van der Waals surface area contributed by atoms with Crippen LogP contribution in [0.5, 0.6) is 0 Å². The molecule has 0 aliphatic carbocycles. The summed E-state index contributed by atoms with van der Waals surface area (Å²) in [5.41, 5.74) is 1.85. The second kappa shape index (κ2) is 6.07. The van der Waals surface area contributed by atoms with Crippen molar-refractivity contribution in [2.75, 3.05) is 23.4 Å². The van der Waals surface area contributed by atoms with Crippen LogP contribution in [0, 0.1) is 0 Å². The number of cyclic esters (lactones) is 1. The first kappa shape index (κ1) is 14.4. The van der Waals surface area contributed by atoms with Gasteiger partial charge in [-0.05, 0) is 52.5 Å². The summed E-state index contributed by atoms with van der Waals surface area (Å²) >= 11 is 5.27. The monoisotopic (exact) mass is 366 g/mol. The van der Waals surface area contributed by atoms with Crippen molar-refractivity contribution in [2.45, 2.75) is 13.0 Å². The standard InChI is InChI=1S/C15H15BrN2O2S/c1-10(14-13(16)5-8-21-14)17-11-3-2-4-12(9-11)18-6-7-20-15(18)19/h2-5,8-10,17H,6-7H2,1H3. The molecule has 1 aromatic carbocycles. The predicted molar refractivity (Wildman–Crippen MR) is 89.2 cm³/mol. The van der Waals surface area contributed by atoms with Gasteiger partial charge in [0.1, 0.15) is 6.61 Å². The number of anilines is 2. The molecule has 2 heterocycles. The maximum Gasteiger partial charge on any atom is 0.414 e. The minimum Gasteiger partial charge on any atom is -0.447 e. The van der Waals surface area contributed by atoms with Crippen LogP contribution >= 0.6 is 27.3 Å². The average molecular weight is 367 g/mol. The topological polar surface area (TPSA) is 41.6 Å². The maximum absolute atomic E-state index is 11.6. The van der Waals surface area contributed by atoms with Gasteiger partial charge in [-0.1, -0.05) is 6.07 Å². The van der Waals surface area contributed by atoms with Crippen molar-refractivity contribution in [3.05, 3.63) is 45.1 Å². The molecule has 21 heavy (non-hydrogen) atoms. The van der Waals surface area contributed by atoms with Crippen LogP contribution in [0.4, 0.5) is 16.2 Å². The molecule has 1 amide bonds. The Labute approximate surface area is 135 Å². The number of nitrogens with zero attached hydrogens (tertiary/aromatic N) is 1. The van der Waals surface area contributed by atoms with Crippen LogP contribution in [0.25, 0.3) is 0 Å². The normalized spacial score (nSPS) is 15.9. The SMILES string of the molecule is CC(Nc1cccc(N2CCOC2=O)c1)c1sccc1Br. The van der Waals surface area contributed by atoms with E-state index in [9.17, 15) is 4.79 Å². The molecule has 1 unspecified atom stereocenters. The van der Waals surface area contributed by atoms with Gasteiger partial charge in [0.05, 0.1) is 12.6 Å². The van der Waals surface area contributed by atoms with E-state index in [2.05, 4.69) is 39.6 Å². The van der Waals surface area contributed by atoms with Crippen LogP contribution in [0.2, 0.25) is 0 Å². The molecule has 1 saturated heterocycles. The summed E-state index contributed by atoms with van der Waals surface area (Å²) in [6, 6.07) is 10.1. The molecule has 1 fully saturated rings. The average Bonchev–Trinajstić information content (AvgIpc) is 3.07. The molecule has 4 nitrogen and oxygen atoms in total. The lowest BCUT2D eigenvalue weighted by atomic mass is 10.2. The first-order valence-corrected chi connectivity index (χ1v) is 8.36. The number of thiophene rings is 1. The zero-order valence-electron chi connectivity index (χ0n) is 11.5. The number of hydrogen-bond donors (Lipinski definition) is 1. The number of ether oxygens (including phenoxy) is 1. The smallest absolute Gasteiger partial charge is 0.414 e. The number of rotatable bonds is 4. The molecular weight excluding hydrogens is 352 g/mol. The van der Waals surface area contributed by atoms with E-state index in [0.29, 0.717) is 13.2 Å². The summed E-state index contributed by atoms with van der Waals surface area (Å²) in [5.74, 6) is 0. The Kier molecular flexibility index (Phi) is 4.17. The third kappa shape index (κ3) is 3.06. The summed E-state index contributed by atoms with van der Waals surface area (Å²) < 4.78 is 6.09. The quantitative estimate of drug-likeness (QED) is 0.856. The molecular formula is C15H15BrN2O2S. The lowest BCUT2D eigenvalue weighted by Gasteiger charge is -2.17. The van der Waals surface area contributed by atoms with Gasteiger partial charge in [-0.25, -0.2) is 4.79 Å². The molecule has 110 valence electrons. The highest BCUT2D eigenvalue weighted by molar-refractivity contribution is 9.10. The molecule has 0 bridgehead atoms. The molecule has 6 heteroatoms. The highest BCUT2D eigenvalue weighted by atomic mass is 79.9. The van der Waals surface area contributed by atoms with Crippen molar-refractivity contribution >= 4 is 44.7 Å². The van der Waals surface area contributed by atoms with E-state index in [-0.39, 0.29) is 12.1 Å². The first-order valence-electron chi connectivity index (χ1n) is 6.69. The number of halogens is 1. The Hall–Kier alpha value is -1.53. The molecule has 1 aliphatic rings. The number of benzene rings is 1. The highest BCUT2D eigenvalue weighted by Crippen LogP contribution is 2.32. The van der Waals surface area contributed by atoms with E-state index in [1.54, 1.807) is 16.2 Å². The van der Waals surface area contributed by atoms with Crippen LogP contribution < -0.4 is 10.2 Å². The number of amides is 1. The van der Waals surface area contributed by atoms with Crippen molar-refractivity contribution in [1.29, 1.82) is 0 Å². The van der Waals surface area contributed by atoms with Crippen molar-refractivity contribution in [2.24, 2.45) is 0 Å². The van der Waals surface area contributed by atoms with Gasteiger partial charge in [0.15, 0.2) is 0 Å². The molecule has 3 rings (SSSR count). The Balaban J connectivity index is 1.77. The van der Waals surface area contributed by atoms with E-state index >= 15 is 0 Å². The lowest BCUT2D eigenvalue weighted by Crippen LogP contribution is -2.23. The van der Waals surface area contributed by atoms with Crippen LogP contribution in [0.1, 0.15) is 17.8 Å². The third-order valence-electron chi connectivity index (χ3n) is 3.34. The van der Waals surface area contributed by atoms with E-state index in [0.717, 1.165) is 15.8 Å². The molecule has 2 aromatic rings. The fourth-order valence-electron chi connectivity index (χ4n) is 2.32. The minimum absolute atomic E-state index is 0.195. The zero-order valence-corrected chi connectivity index (χ0v) is 13.9. The van der Waals surface area contributed by atoms with Gasteiger partial charge in [-0.2, -0.15) is 0 Å². The summed E-state index contributed by atoms with van der Waals surface area (Å²) in [6.45, 7) is 3.18. The van der Waals surface area contributed by atoms with Crippen LogP contribution in [-0.2, 0) is 4.74 Å². The number of carbonyl (C=O) groups is 1. The van der Waals surface area contributed by atoms with Gasteiger partial charge >= 0.3 is 6.09 Å². The summed E-state index contributed by atoms with van der Waals surface area (Å²) in [5, 5.41) is 5.53. The first-order chi connectivity index (χ1) is 10.1. The Morgan fingerprint density at radius 3 is 2.95 bits per heavy atom. The van der Waals surface area contributed by atoms with Gasteiger partial charge in [-0.15, -0.1) is 11.3 Å². The van der Waals surface area contributed by atoms with Crippen molar-refractivity contribution in [1.82, 2.24) is 0 Å². The van der Waals surface area contributed by atoms with E-state index in [1.807, 2.05) is 24.3 Å². The van der Waals surface area contributed by atoms with Crippen molar-refractivity contribution < 1.29 is 9.53 Å². The lowest BCUT2D eigenvalue weighted by molar-refractivity contribution is 0.181. The molecule has 1 N–H and O–H groups in total. The number of carbonyl (C=O) groups excluding carboxylic acids is 1.